The van der Waals surface area contributed by atoms with Crippen molar-refractivity contribution in [2.75, 3.05) is 0 Å². The molecule has 1 unspecified atom stereocenters. The van der Waals surface area contributed by atoms with E-state index >= 15 is 0 Å². The maximum absolute atomic E-state index is 11.9. The number of aromatic amines is 2. The van der Waals surface area contributed by atoms with Crippen LogP contribution < -0.4 is 11.1 Å². The van der Waals surface area contributed by atoms with Crippen LogP contribution in [0.2, 0.25) is 0 Å². The summed E-state index contributed by atoms with van der Waals surface area (Å²) in [5.41, 5.74) is 0.814. The van der Waals surface area contributed by atoms with Gasteiger partial charge in [0.25, 0.3) is 0 Å². The summed E-state index contributed by atoms with van der Waals surface area (Å²) in [5, 5.41) is 0. The molecule has 3 rings (SSSR count). The van der Waals surface area contributed by atoms with Gasteiger partial charge in [0, 0.05) is 17.6 Å². The van der Waals surface area contributed by atoms with Crippen molar-refractivity contribution >= 4 is 34.6 Å². The third-order valence-corrected chi connectivity index (χ3v) is 6.25. The molecule has 2 aromatic carbocycles. The van der Waals surface area contributed by atoms with Crippen LogP contribution in [0.3, 0.4) is 0 Å². The van der Waals surface area contributed by atoms with E-state index in [4.69, 9.17) is 0 Å². The number of hydrogen-bond acceptors (Lipinski definition) is 4. The molecule has 0 aliphatic rings. The predicted molar refractivity (Wildman–Crippen MR) is 110 cm³/mol. The first-order valence-electron chi connectivity index (χ1n) is 8.43. The molecule has 0 aliphatic heterocycles. The number of fused-ring (bicyclic) bond motifs is 1. The molecule has 3 aromatic rings. The van der Waals surface area contributed by atoms with Gasteiger partial charge in [-0.05, 0) is 30.2 Å². The molecule has 8 nitrogen and oxygen atoms in total. The van der Waals surface area contributed by atoms with Crippen LogP contribution in [0, 0.1) is 0 Å². The van der Waals surface area contributed by atoms with Gasteiger partial charge in [0.05, 0.1) is 11.0 Å². The smallest absolute Gasteiger partial charge is 0.323 e. The fourth-order valence-corrected chi connectivity index (χ4v) is 4.05. The standard InChI is InChI=1S/C18H19BrN3O5P/c1-11(28(25,26)27)22(9-12-5-3-2-4-6-12)10-13-7-14(19)8-15-16(13)21-18(24)17(23)20-15/h2-8,11H,9-10H2,1H3,(H,20,23)(H,21,24)(H2,25,26,27). The van der Waals surface area contributed by atoms with Gasteiger partial charge in [-0.2, -0.15) is 0 Å². The SMILES string of the molecule is CC(N(Cc1ccccc1)Cc1cc(Br)cc2[nH]c(=O)c(=O)[nH]c12)P(=O)(O)O. The first-order chi connectivity index (χ1) is 13.1. The number of benzene rings is 2. The van der Waals surface area contributed by atoms with Gasteiger partial charge in [0.1, 0.15) is 5.78 Å². The number of nitrogens with zero attached hydrogens (tertiary/aromatic N) is 1. The Morgan fingerprint density at radius 1 is 1.07 bits per heavy atom. The highest BCUT2D eigenvalue weighted by Gasteiger charge is 2.30. The molecule has 0 saturated heterocycles. The maximum Gasteiger partial charge on any atom is 0.342 e. The number of nitrogens with one attached hydrogen (secondary N) is 2. The molecule has 1 heterocycles. The van der Waals surface area contributed by atoms with Gasteiger partial charge in [-0.3, -0.25) is 19.1 Å². The molecule has 148 valence electrons. The number of H-pyrrole nitrogens is 2. The summed E-state index contributed by atoms with van der Waals surface area (Å²) < 4.78 is 12.6. The van der Waals surface area contributed by atoms with Crippen molar-refractivity contribution in [2.24, 2.45) is 0 Å². The zero-order chi connectivity index (χ0) is 20.5. The van der Waals surface area contributed by atoms with Crippen molar-refractivity contribution in [2.45, 2.75) is 25.8 Å². The second-order valence-corrected chi connectivity index (χ2v) is 9.35. The van der Waals surface area contributed by atoms with Crippen LogP contribution in [-0.4, -0.2) is 30.4 Å². The van der Waals surface area contributed by atoms with Gasteiger partial charge in [0.2, 0.25) is 0 Å². The quantitative estimate of drug-likeness (QED) is 0.325. The van der Waals surface area contributed by atoms with Crippen molar-refractivity contribution in [3.8, 4) is 0 Å². The van der Waals surface area contributed by atoms with Crippen LogP contribution >= 0.6 is 23.5 Å². The highest BCUT2D eigenvalue weighted by atomic mass is 79.9. The van der Waals surface area contributed by atoms with Gasteiger partial charge in [-0.15, -0.1) is 0 Å². The fraction of sp³-hybridized carbons (Fsp3) is 0.222. The average molecular weight is 468 g/mol. The molecule has 28 heavy (non-hydrogen) atoms. The van der Waals surface area contributed by atoms with Crippen LogP contribution in [0.25, 0.3) is 11.0 Å². The zero-order valence-electron chi connectivity index (χ0n) is 14.9. The Labute approximate surface area is 168 Å². The van der Waals surface area contributed by atoms with Crippen LogP contribution in [0.5, 0.6) is 0 Å². The molecule has 4 N–H and O–H groups in total. The van der Waals surface area contributed by atoms with Crippen LogP contribution in [-0.2, 0) is 17.7 Å². The first kappa shape index (κ1) is 20.7. The maximum atomic E-state index is 11.9. The molecule has 10 heteroatoms. The Hall–Kier alpha value is -2.03. The van der Waals surface area contributed by atoms with E-state index in [9.17, 15) is 23.9 Å². The van der Waals surface area contributed by atoms with E-state index < -0.39 is 24.5 Å². The molecule has 0 bridgehead atoms. The molecular formula is C18H19BrN3O5P. The number of aromatic nitrogens is 2. The van der Waals surface area contributed by atoms with Crippen LogP contribution in [0.4, 0.5) is 0 Å². The van der Waals surface area contributed by atoms with Gasteiger partial charge in [0.15, 0.2) is 0 Å². The van der Waals surface area contributed by atoms with E-state index in [0.717, 1.165) is 5.56 Å². The summed E-state index contributed by atoms with van der Waals surface area (Å²) in [4.78, 5) is 49.6. The predicted octanol–water partition coefficient (Wildman–Crippen LogP) is 2.50. The second-order valence-electron chi connectivity index (χ2n) is 6.51. The monoisotopic (exact) mass is 467 g/mol. The molecule has 0 spiro atoms. The minimum atomic E-state index is -4.39. The topological polar surface area (TPSA) is 126 Å². The molecular weight excluding hydrogens is 449 g/mol. The number of rotatable bonds is 6. The van der Waals surface area contributed by atoms with E-state index in [-0.39, 0.29) is 6.54 Å². The minimum Gasteiger partial charge on any atom is -0.323 e. The summed E-state index contributed by atoms with van der Waals surface area (Å²) in [7, 11) is -4.39. The van der Waals surface area contributed by atoms with Crippen molar-refractivity contribution in [1.29, 1.82) is 0 Å². The number of halogens is 1. The molecule has 0 radical (unpaired) electrons. The lowest BCUT2D eigenvalue weighted by molar-refractivity contribution is 0.208. The van der Waals surface area contributed by atoms with E-state index in [1.807, 2.05) is 30.3 Å². The third-order valence-electron chi connectivity index (χ3n) is 4.49. The summed E-state index contributed by atoms with van der Waals surface area (Å²) in [6.45, 7) is 1.92. The largest absolute Gasteiger partial charge is 0.342 e. The normalized spacial score (nSPS) is 13.2. The van der Waals surface area contributed by atoms with Gasteiger partial charge >= 0.3 is 18.7 Å². The van der Waals surface area contributed by atoms with Crippen LogP contribution in [0.1, 0.15) is 18.1 Å². The van der Waals surface area contributed by atoms with E-state index in [2.05, 4.69) is 25.9 Å². The summed E-state index contributed by atoms with van der Waals surface area (Å²) in [6, 6.07) is 12.7. The van der Waals surface area contributed by atoms with Crippen molar-refractivity contribution < 1.29 is 14.4 Å². The lowest BCUT2D eigenvalue weighted by Gasteiger charge is -2.30. The molecule has 1 aromatic heterocycles. The van der Waals surface area contributed by atoms with E-state index in [0.29, 0.717) is 27.6 Å². The van der Waals surface area contributed by atoms with Gasteiger partial charge in [-0.1, -0.05) is 46.3 Å². The Morgan fingerprint density at radius 2 is 1.71 bits per heavy atom. The fourth-order valence-electron chi connectivity index (χ4n) is 2.95. The first-order valence-corrected chi connectivity index (χ1v) is 10.9. The second kappa shape index (κ2) is 8.14. The Balaban J connectivity index is 2.07. The highest BCUT2D eigenvalue weighted by molar-refractivity contribution is 9.10. The van der Waals surface area contributed by atoms with Crippen LogP contribution in [0.15, 0.2) is 56.5 Å². The van der Waals surface area contributed by atoms with Crippen molar-refractivity contribution in [1.82, 2.24) is 14.9 Å². The number of hydrogen-bond donors (Lipinski definition) is 4. The van der Waals surface area contributed by atoms with Gasteiger partial charge < -0.3 is 19.8 Å². The molecule has 0 amide bonds. The lowest BCUT2D eigenvalue weighted by Crippen LogP contribution is -2.33. The Kier molecular flexibility index (Phi) is 6.02. The van der Waals surface area contributed by atoms with E-state index in [1.54, 1.807) is 17.0 Å². The third kappa shape index (κ3) is 4.68. The molecule has 0 saturated carbocycles. The summed E-state index contributed by atoms with van der Waals surface area (Å²) in [5.74, 6) is -1.05. The zero-order valence-corrected chi connectivity index (χ0v) is 17.4. The Morgan fingerprint density at radius 3 is 2.36 bits per heavy atom. The Bertz CT molecular complexity index is 1160. The molecule has 0 aliphatic carbocycles. The lowest BCUT2D eigenvalue weighted by atomic mass is 10.1. The summed E-state index contributed by atoms with van der Waals surface area (Å²) >= 11 is 3.37. The van der Waals surface area contributed by atoms with Crippen molar-refractivity contribution in [3.63, 3.8) is 0 Å². The summed E-state index contributed by atoms with van der Waals surface area (Å²) in [6.07, 6.45) is 0. The minimum absolute atomic E-state index is 0.152. The van der Waals surface area contributed by atoms with E-state index in [1.165, 1.54) is 6.92 Å². The van der Waals surface area contributed by atoms with Crippen molar-refractivity contribution in [3.05, 3.63) is 78.8 Å². The molecule has 1 atom stereocenters. The molecule has 0 fully saturated rings. The average Bonchev–Trinajstić information content (AvgIpc) is 2.62. The van der Waals surface area contributed by atoms with Gasteiger partial charge in [-0.25, -0.2) is 0 Å². The highest BCUT2D eigenvalue weighted by Crippen LogP contribution is 2.43.